The van der Waals surface area contributed by atoms with Crippen LogP contribution in [0.15, 0.2) is 0 Å². The van der Waals surface area contributed by atoms with Crippen LogP contribution in [-0.2, 0) is 65.4 Å². The predicted octanol–water partition coefficient (Wildman–Crippen LogP) is 22.4. The van der Waals surface area contributed by atoms with Gasteiger partial charge >= 0.3 is 39.5 Å². The molecule has 0 heterocycles. The molecule has 0 aliphatic rings. The Morgan fingerprint density at radius 1 is 0.260 bits per heavy atom. The molecule has 0 rings (SSSR count). The van der Waals surface area contributed by atoms with Gasteiger partial charge in [0.2, 0.25) is 0 Å². The van der Waals surface area contributed by atoms with Crippen molar-refractivity contribution in [3.8, 4) is 0 Å². The number of aliphatic hydroxyl groups excluding tert-OH is 1. The molecule has 0 spiro atoms. The number of esters is 4. The second-order valence-electron chi connectivity index (χ2n) is 29.7. The summed E-state index contributed by atoms with van der Waals surface area (Å²) in [4.78, 5) is 72.8. The molecule has 0 aliphatic heterocycles. The van der Waals surface area contributed by atoms with Gasteiger partial charge in [-0.2, -0.15) is 0 Å². The Balaban J connectivity index is 5.21. The number of rotatable bonds is 74. The van der Waals surface area contributed by atoms with Gasteiger partial charge in [-0.3, -0.25) is 37.3 Å². The van der Waals surface area contributed by atoms with Crippen LogP contribution in [0, 0.1) is 23.7 Å². The van der Waals surface area contributed by atoms with Crippen molar-refractivity contribution in [3.63, 3.8) is 0 Å². The highest BCUT2D eigenvalue weighted by molar-refractivity contribution is 7.47. The van der Waals surface area contributed by atoms with Crippen LogP contribution in [0.5, 0.6) is 0 Å². The van der Waals surface area contributed by atoms with E-state index in [1.54, 1.807) is 0 Å². The first-order valence-electron chi connectivity index (χ1n) is 39.7. The number of aliphatic hydroxyl groups is 1. The number of phosphoric acid groups is 2. The molecule has 3 N–H and O–H groups in total. The number of hydrogen-bond donors (Lipinski definition) is 3. The number of unbranched alkanes of at least 4 members (excludes halogenated alkanes) is 40. The summed E-state index contributed by atoms with van der Waals surface area (Å²) in [7, 11) is -9.91. The molecule has 0 fully saturated rings. The molecule has 0 aromatic heterocycles. The molecule has 2 unspecified atom stereocenters. The zero-order chi connectivity index (χ0) is 71.0. The molecule has 0 radical (unpaired) electrons. The molecule has 96 heavy (non-hydrogen) atoms. The number of carbonyl (C=O) groups is 4. The van der Waals surface area contributed by atoms with Gasteiger partial charge in [-0.25, -0.2) is 9.13 Å². The first-order valence-corrected chi connectivity index (χ1v) is 42.7. The third-order valence-corrected chi connectivity index (χ3v) is 19.7. The first kappa shape index (κ1) is 94.1. The summed E-state index contributed by atoms with van der Waals surface area (Å²) in [5.74, 6) is 0.882. The summed E-state index contributed by atoms with van der Waals surface area (Å²) < 4.78 is 68.5. The van der Waals surface area contributed by atoms with E-state index in [4.69, 9.17) is 37.0 Å². The lowest BCUT2D eigenvalue weighted by molar-refractivity contribution is -0.161. The topological polar surface area (TPSA) is 237 Å². The normalized spacial score (nSPS) is 14.1. The van der Waals surface area contributed by atoms with Crippen LogP contribution in [-0.4, -0.2) is 96.7 Å². The van der Waals surface area contributed by atoms with E-state index in [9.17, 15) is 43.2 Å². The second kappa shape index (κ2) is 66.3. The Morgan fingerprint density at radius 2 is 0.438 bits per heavy atom. The Hall–Kier alpha value is -1.94. The van der Waals surface area contributed by atoms with Crippen LogP contribution in [0.4, 0.5) is 0 Å². The van der Waals surface area contributed by atoms with E-state index in [0.29, 0.717) is 31.6 Å². The lowest BCUT2D eigenvalue weighted by Gasteiger charge is -2.21. The fourth-order valence-corrected chi connectivity index (χ4v) is 13.3. The van der Waals surface area contributed by atoms with Crippen LogP contribution in [0.2, 0.25) is 0 Å². The highest BCUT2D eigenvalue weighted by atomic mass is 31.2. The molecule has 17 nitrogen and oxygen atoms in total. The standard InChI is InChI=1S/C77H150O17P2/c1-67(2)53-45-37-29-23-19-15-11-9-10-12-17-21-25-32-41-49-57-74(79)87-63-72(93-76(81)59-51-43-33-26-22-18-14-13-16-20-24-30-38-46-54-68(3)4)65-91-95(83,84)89-61-71(78)62-90-96(85,86)92-66-73(64-88-75(80)58-50-42-36-35-40-48-56-70(7)8)94-77(82)60-52-44-34-28-27-31-39-47-55-69(5)6/h67-73,78H,9-66H2,1-8H3,(H,83,84)(H,85,86)/t71-,72-,73-/m1/s1. The van der Waals surface area contributed by atoms with E-state index in [2.05, 4.69) is 55.4 Å². The van der Waals surface area contributed by atoms with Gasteiger partial charge in [0.1, 0.15) is 19.3 Å². The van der Waals surface area contributed by atoms with E-state index in [-0.39, 0.29) is 25.7 Å². The Bertz CT molecular complexity index is 1880. The predicted molar refractivity (Wildman–Crippen MR) is 391 cm³/mol. The van der Waals surface area contributed by atoms with E-state index in [1.165, 1.54) is 186 Å². The van der Waals surface area contributed by atoms with Crippen molar-refractivity contribution in [1.29, 1.82) is 0 Å². The molecule has 5 atom stereocenters. The SMILES string of the molecule is CC(C)CCCCCCCCCCCCCCCCCCC(=O)OC[C@H](COP(=O)(O)OC[C@@H](O)COP(=O)(O)OC[C@@H](COC(=O)CCCCCCCCC(C)C)OC(=O)CCCCCCCCCCC(C)C)OC(=O)CCCCCCCCCCCCCCCCC(C)C. The van der Waals surface area contributed by atoms with Crippen LogP contribution >= 0.6 is 15.6 Å². The molecule has 0 aliphatic carbocycles. The lowest BCUT2D eigenvalue weighted by atomic mass is 10.0. The monoisotopic (exact) mass is 1410 g/mol. The Morgan fingerprint density at radius 3 is 0.646 bits per heavy atom. The van der Waals surface area contributed by atoms with Crippen molar-refractivity contribution in [1.82, 2.24) is 0 Å². The number of phosphoric ester groups is 2. The molecule has 570 valence electrons. The molecular formula is C77H150O17P2. The van der Waals surface area contributed by atoms with Crippen molar-refractivity contribution < 1.29 is 80.2 Å². The first-order chi connectivity index (χ1) is 46.1. The van der Waals surface area contributed by atoms with Crippen LogP contribution in [0.25, 0.3) is 0 Å². The van der Waals surface area contributed by atoms with Gasteiger partial charge in [0.25, 0.3) is 0 Å². The van der Waals surface area contributed by atoms with Gasteiger partial charge in [-0.05, 0) is 49.4 Å². The summed E-state index contributed by atoms with van der Waals surface area (Å²) >= 11 is 0. The summed E-state index contributed by atoms with van der Waals surface area (Å²) in [6.45, 7) is 14.1. The van der Waals surface area contributed by atoms with Crippen LogP contribution < -0.4 is 0 Å². The highest BCUT2D eigenvalue weighted by Crippen LogP contribution is 2.45. The fraction of sp³-hybridized carbons (Fsp3) is 0.948. The minimum atomic E-state index is -4.96. The van der Waals surface area contributed by atoms with Gasteiger partial charge in [0.15, 0.2) is 12.2 Å². The Kier molecular flexibility index (Phi) is 65.0. The van der Waals surface area contributed by atoms with Crippen LogP contribution in [0.3, 0.4) is 0 Å². The molecule has 0 amide bonds. The number of ether oxygens (including phenoxy) is 4. The van der Waals surface area contributed by atoms with Crippen LogP contribution in [0.1, 0.15) is 389 Å². The lowest BCUT2D eigenvalue weighted by Crippen LogP contribution is -2.30. The van der Waals surface area contributed by atoms with Crippen molar-refractivity contribution in [2.24, 2.45) is 23.7 Å². The fourth-order valence-electron chi connectivity index (χ4n) is 11.7. The minimum absolute atomic E-state index is 0.103. The minimum Gasteiger partial charge on any atom is -0.462 e. The maximum Gasteiger partial charge on any atom is 0.472 e. The molecule has 0 saturated carbocycles. The number of hydrogen-bond acceptors (Lipinski definition) is 15. The van der Waals surface area contributed by atoms with E-state index in [0.717, 1.165) is 114 Å². The molecule has 0 saturated heterocycles. The van der Waals surface area contributed by atoms with Crippen molar-refractivity contribution in [3.05, 3.63) is 0 Å². The molecule has 0 bridgehead atoms. The third kappa shape index (κ3) is 70.5. The smallest absolute Gasteiger partial charge is 0.462 e. The van der Waals surface area contributed by atoms with Crippen molar-refractivity contribution in [2.45, 2.75) is 408 Å². The molecular weight excluding hydrogens is 1260 g/mol. The highest BCUT2D eigenvalue weighted by Gasteiger charge is 2.30. The van der Waals surface area contributed by atoms with Gasteiger partial charge in [0.05, 0.1) is 26.4 Å². The van der Waals surface area contributed by atoms with E-state index >= 15 is 0 Å². The zero-order valence-electron chi connectivity index (χ0n) is 63.0. The van der Waals surface area contributed by atoms with Crippen molar-refractivity contribution >= 4 is 39.5 Å². The largest absolute Gasteiger partial charge is 0.472 e. The van der Waals surface area contributed by atoms with Gasteiger partial charge < -0.3 is 33.8 Å². The summed E-state index contributed by atoms with van der Waals surface area (Å²) in [5.41, 5.74) is 0. The quantitative estimate of drug-likeness (QED) is 0.0222. The molecule has 0 aromatic carbocycles. The van der Waals surface area contributed by atoms with E-state index < -0.39 is 97.5 Å². The third-order valence-electron chi connectivity index (χ3n) is 17.8. The van der Waals surface area contributed by atoms with Gasteiger partial charge in [-0.1, -0.05) is 338 Å². The zero-order valence-corrected chi connectivity index (χ0v) is 64.8. The van der Waals surface area contributed by atoms with Crippen molar-refractivity contribution in [2.75, 3.05) is 39.6 Å². The molecule has 0 aromatic rings. The summed E-state index contributed by atoms with van der Waals surface area (Å²) in [6, 6.07) is 0. The Labute approximate surface area is 588 Å². The van der Waals surface area contributed by atoms with Gasteiger partial charge in [-0.15, -0.1) is 0 Å². The average molecular weight is 1410 g/mol. The maximum atomic E-state index is 13.1. The average Bonchev–Trinajstić information content (AvgIpc) is 1.07. The molecule has 19 heteroatoms. The number of carbonyl (C=O) groups excluding carboxylic acids is 4. The maximum absolute atomic E-state index is 13.1. The second-order valence-corrected chi connectivity index (χ2v) is 32.6. The summed E-state index contributed by atoms with van der Waals surface area (Å²) in [5, 5.41) is 10.6. The summed E-state index contributed by atoms with van der Waals surface area (Å²) in [6.07, 6.45) is 51.6. The van der Waals surface area contributed by atoms with E-state index in [1.807, 2.05) is 0 Å². The van der Waals surface area contributed by atoms with Gasteiger partial charge in [0, 0.05) is 25.7 Å².